The molecular weight excluding hydrogens is 568 g/mol. The summed E-state index contributed by atoms with van der Waals surface area (Å²) in [6.45, 7) is 3.44. The number of carbonyl (C=O) groups is 1. The van der Waals surface area contributed by atoms with Gasteiger partial charge in [0.1, 0.15) is 5.82 Å². The van der Waals surface area contributed by atoms with Crippen LogP contribution in [0.15, 0.2) is 48.7 Å². The van der Waals surface area contributed by atoms with E-state index in [4.69, 9.17) is 21.3 Å². The molecule has 4 N–H and O–H groups in total. The molecule has 216 valence electrons. The molecule has 14 heteroatoms. The molecule has 0 bridgehead atoms. The van der Waals surface area contributed by atoms with Crippen molar-refractivity contribution in [3.63, 3.8) is 0 Å². The quantitative estimate of drug-likeness (QED) is 0.179. The van der Waals surface area contributed by atoms with E-state index < -0.39 is 17.5 Å². The van der Waals surface area contributed by atoms with E-state index >= 15 is 0 Å². The van der Waals surface area contributed by atoms with E-state index in [0.717, 1.165) is 30.0 Å². The van der Waals surface area contributed by atoms with Crippen LogP contribution in [-0.2, 0) is 11.3 Å². The molecule has 42 heavy (non-hydrogen) atoms. The SMILES string of the molecule is Cc1cc(Nc2nc(NCc3ccc(Cl)c(C(=O)Nc4cccc(F)c4F)c3)nc3c2cnn3C2CCOCC2)n[nH]1. The molecule has 0 radical (unpaired) electrons. The Morgan fingerprint density at radius 1 is 1.17 bits per heavy atom. The minimum Gasteiger partial charge on any atom is -0.381 e. The number of benzene rings is 2. The topological polar surface area (TPSA) is 135 Å². The van der Waals surface area contributed by atoms with Crippen molar-refractivity contribution in [1.82, 2.24) is 29.9 Å². The monoisotopic (exact) mass is 593 g/mol. The summed E-state index contributed by atoms with van der Waals surface area (Å²) < 4.78 is 35.1. The second-order valence-electron chi connectivity index (χ2n) is 9.85. The Hall–Kier alpha value is -4.62. The predicted molar refractivity (Wildman–Crippen MR) is 154 cm³/mol. The highest BCUT2D eigenvalue weighted by Gasteiger charge is 2.22. The molecule has 1 saturated heterocycles. The van der Waals surface area contributed by atoms with Crippen molar-refractivity contribution in [3.05, 3.63) is 82.1 Å². The van der Waals surface area contributed by atoms with Crippen LogP contribution in [0.25, 0.3) is 11.0 Å². The summed E-state index contributed by atoms with van der Waals surface area (Å²) in [6.07, 6.45) is 3.38. The number of rotatable bonds is 8. The number of fused-ring (bicyclic) bond motifs is 1. The Labute approximate surface area is 243 Å². The summed E-state index contributed by atoms with van der Waals surface area (Å²) in [5, 5.41) is 21.5. The summed E-state index contributed by atoms with van der Waals surface area (Å²) in [5.74, 6) is -1.44. The summed E-state index contributed by atoms with van der Waals surface area (Å²) >= 11 is 6.28. The van der Waals surface area contributed by atoms with E-state index in [1.165, 1.54) is 12.1 Å². The highest BCUT2D eigenvalue weighted by atomic mass is 35.5. The molecule has 0 atom stereocenters. The van der Waals surface area contributed by atoms with E-state index in [9.17, 15) is 13.6 Å². The normalized spacial score (nSPS) is 13.8. The third kappa shape index (κ3) is 5.74. The third-order valence-corrected chi connectivity index (χ3v) is 7.20. The van der Waals surface area contributed by atoms with E-state index in [1.54, 1.807) is 24.4 Å². The first-order valence-corrected chi connectivity index (χ1v) is 13.6. The summed E-state index contributed by atoms with van der Waals surface area (Å²) in [5.41, 5.74) is 2.05. The van der Waals surface area contributed by atoms with Crippen LogP contribution in [0.3, 0.4) is 0 Å². The number of aromatic nitrogens is 6. The molecule has 6 rings (SSSR count). The highest BCUT2D eigenvalue weighted by Crippen LogP contribution is 2.30. The van der Waals surface area contributed by atoms with Gasteiger partial charge >= 0.3 is 0 Å². The average Bonchev–Trinajstić information content (AvgIpc) is 3.61. The number of carbonyl (C=O) groups excluding carboxylic acids is 1. The van der Waals surface area contributed by atoms with Gasteiger partial charge in [-0.3, -0.25) is 9.89 Å². The van der Waals surface area contributed by atoms with Crippen molar-refractivity contribution in [2.24, 2.45) is 0 Å². The molecule has 1 aliphatic rings. The molecule has 11 nitrogen and oxygen atoms in total. The van der Waals surface area contributed by atoms with Gasteiger partial charge in [0.05, 0.1) is 33.9 Å². The lowest BCUT2D eigenvalue weighted by atomic mass is 10.1. The molecule has 4 heterocycles. The minimum atomic E-state index is -1.15. The number of aromatic amines is 1. The van der Waals surface area contributed by atoms with Crippen LogP contribution in [0, 0.1) is 18.6 Å². The number of nitrogens with zero attached hydrogens (tertiary/aromatic N) is 5. The van der Waals surface area contributed by atoms with Crippen LogP contribution >= 0.6 is 11.6 Å². The molecular formula is C28H26ClF2N9O2. The Bertz CT molecular complexity index is 1770. The third-order valence-electron chi connectivity index (χ3n) is 6.87. The highest BCUT2D eigenvalue weighted by molar-refractivity contribution is 6.34. The molecule has 5 aromatic rings. The number of halogens is 3. The van der Waals surface area contributed by atoms with E-state index in [0.29, 0.717) is 42.0 Å². The fourth-order valence-corrected chi connectivity index (χ4v) is 4.93. The molecule has 0 aliphatic carbocycles. The van der Waals surface area contributed by atoms with Crippen molar-refractivity contribution >= 4 is 51.8 Å². The van der Waals surface area contributed by atoms with Gasteiger partial charge in [-0.25, -0.2) is 13.5 Å². The predicted octanol–water partition coefficient (Wildman–Crippen LogP) is 5.75. The van der Waals surface area contributed by atoms with Crippen LogP contribution in [0.4, 0.5) is 32.1 Å². The Kier molecular flexibility index (Phi) is 7.68. The van der Waals surface area contributed by atoms with Gasteiger partial charge in [0.25, 0.3) is 5.91 Å². The van der Waals surface area contributed by atoms with Crippen molar-refractivity contribution < 1.29 is 18.3 Å². The van der Waals surface area contributed by atoms with E-state index in [-0.39, 0.29) is 28.9 Å². The van der Waals surface area contributed by atoms with Crippen molar-refractivity contribution in [2.75, 3.05) is 29.2 Å². The smallest absolute Gasteiger partial charge is 0.257 e. The first-order valence-electron chi connectivity index (χ1n) is 13.3. The largest absolute Gasteiger partial charge is 0.381 e. The second-order valence-corrected chi connectivity index (χ2v) is 10.3. The van der Waals surface area contributed by atoms with Crippen molar-refractivity contribution in [3.8, 4) is 0 Å². The molecule has 1 fully saturated rings. The Balaban J connectivity index is 1.27. The lowest BCUT2D eigenvalue weighted by Gasteiger charge is -2.22. The molecule has 2 aromatic carbocycles. The number of hydrogen-bond acceptors (Lipinski definition) is 8. The maximum atomic E-state index is 14.1. The number of anilines is 4. The van der Waals surface area contributed by atoms with Gasteiger partial charge in [0, 0.05) is 31.5 Å². The van der Waals surface area contributed by atoms with E-state index in [2.05, 4.69) is 36.2 Å². The summed E-state index contributed by atoms with van der Waals surface area (Å²) in [6, 6.07) is 10.4. The van der Waals surface area contributed by atoms with Crippen LogP contribution in [-0.4, -0.2) is 49.1 Å². The zero-order chi connectivity index (χ0) is 29.2. The van der Waals surface area contributed by atoms with Crippen LogP contribution in [0.1, 0.15) is 40.5 Å². The second kappa shape index (κ2) is 11.7. The maximum absolute atomic E-state index is 14.1. The van der Waals surface area contributed by atoms with Gasteiger partial charge in [0.2, 0.25) is 5.95 Å². The molecule has 0 unspecified atom stereocenters. The molecule has 0 spiro atoms. The number of aryl methyl sites for hydroxylation is 1. The van der Waals surface area contributed by atoms with Gasteiger partial charge in [-0.05, 0) is 49.6 Å². The van der Waals surface area contributed by atoms with Gasteiger partial charge in [-0.1, -0.05) is 23.7 Å². The maximum Gasteiger partial charge on any atom is 0.257 e. The van der Waals surface area contributed by atoms with Crippen molar-refractivity contribution in [1.29, 1.82) is 0 Å². The number of ether oxygens (including phenoxy) is 1. The lowest BCUT2D eigenvalue weighted by Crippen LogP contribution is -2.21. The zero-order valence-electron chi connectivity index (χ0n) is 22.4. The molecule has 3 aromatic heterocycles. The number of H-pyrrole nitrogens is 1. The molecule has 1 amide bonds. The Morgan fingerprint density at radius 3 is 2.79 bits per heavy atom. The summed E-state index contributed by atoms with van der Waals surface area (Å²) in [4.78, 5) is 22.3. The minimum absolute atomic E-state index is 0.102. The number of hydrogen-bond donors (Lipinski definition) is 4. The first kappa shape index (κ1) is 27.5. The average molecular weight is 594 g/mol. The van der Waals surface area contributed by atoms with Gasteiger partial charge in [-0.15, -0.1) is 0 Å². The van der Waals surface area contributed by atoms with Gasteiger partial charge in [-0.2, -0.15) is 20.2 Å². The number of amides is 1. The molecule has 1 aliphatic heterocycles. The standard InChI is InChI=1S/C28H26ClF2N9O2/c1-15-11-23(39-38-15)35-25-19-14-33-40(17-7-9-42-10-8-17)26(19)37-28(36-25)32-13-16-5-6-20(29)18(12-16)27(41)34-22-4-2-3-21(30)24(22)31/h2-6,11-12,14,17H,7-10,13H2,1H3,(H,34,41)(H3,32,35,36,37,38,39). The fraction of sp³-hybridized carbons (Fsp3) is 0.250. The van der Waals surface area contributed by atoms with Crippen LogP contribution < -0.4 is 16.0 Å². The van der Waals surface area contributed by atoms with Gasteiger partial charge < -0.3 is 20.7 Å². The fourth-order valence-electron chi connectivity index (χ4n) is 4.73. The Morgan fingerprint density at radius 2 is 2.00 bits per heavy atom. The van der Waals surface area contributed by atoms with Gasteiger partial charge in [0.15, 0.2) is 23.1 Å². The zero-order valence-corrected chi connectivity index (χ0v) is 23.2. The number of nitrogens with one attached hydrogen (secondary N) is 4. The van der Waals surface area contributed by atoms with Crippen LogP contribution in [0.5, 0.6) is 0 Å². The lowest BCUT2D eigenvalue weighted by molar-refractivity contribution is 0.0673. The summed E-state index contributed by atoms with van der Waals surface area (Å²) in [7, 11) is 0. The van der Waals surface area contributed by atoms with E-state index in [1.807, 2.05) is 17.7 Å². The van der Waals surface area contributed by atoms with Crippen molar-refractivity contribution in [2.45, 2.75) is 32.4 Å². The molecule has 0 saturated carbocycles. The van der Waals surface area contributed by atoms with Crippen LogP contribution in [0.2, 0.25) is 5.02 Å². The first-order chi connectivity index (χ1) is 20.4.